The fraction of sp³-hybridized carbons (Fsp3) is 0.105. The first-order valence-electron chi connectivity index (χ1n) is 8.48. The zero-order chi connectivity index (χ0) is 18.2. The first kappa shape index (κ1) is 16.3. The average molecular weight is 467 g/mol. The Hall–Kier alpha value is -2.88. The number of rotatable bonds is 2. The maximum atomic E-state index is 4.84. The average Bonchev–Trinajstić information content (AvgIpc) is 3.31. The quantitative estimate of drug-likeness (QED) is 0.425. The molecule has 0 N–H and O–H groups in total. The van der Waals surface area contributed by atoms with Crippen molar-refractivity contribution < 1.29 is 0 Å². The summed E-state index contributed by atoms with van der Waals surface area (Å²) in [6.07, 6.45) is 4.48. The second-order valence-corrected chi connectivity index (χ2v) is 7.48. The topological polar surface area (TPSA) is 73.8 Å². The van der Waals surface area contributed by atoms with E-state index in [9.17, 15) is 0 Å². The lowest BCUT2D eigenvalue weighted by atomic mass is 10.1. The lowest BCUT2D eigenvalue weighted by Gasteiger charge is -2.07. The van der Waals surface area contributed by atoms with Crippen LogP contribution >= 0.6 is 22.6 Å². The number of hydrogen-bond acceptors (Lipinski definition) is 5. The van der Waals surface area contributed by atoms with Gasteiger partial charge in [0.25, 0.3) is 0 Å². The van der Waals surface area contributed by atoms with Crippen LogP contribution in [0.5, 0.6) is 0 Å². The maximum absolute atomic E-state index is 4.84. The van der Waals surface area contributed by atoms with Gasteiger partial charge < -0.3 is 0 Å². The molecule has 0 saturated carbocycles. The van der Waals surface area contributed by atoms with Crippen LogP contribution in [0, 0.1) is 3.57 Å². The van der Waals surface area contributed by atoms with Crippen molar-refractivity contribution in [1.29, 1.82) is 0 Å². The van der Waals surface area contributed by atoms with Gasteiger partial charge in [0.05, 0.1) is 29.2 Å². The van der Waals surface area contributed by atoms with E-state index < -0.39 is 0 Å². The molecule has 0 fully saturated rings. The van der Waals surface area contributed by atoms with E-state index in [0.29, 0.717) is 6.42 Å². The normalized spacial score (nSPS) is 12.9. The van der Waals surface area contributed by atoms with Gasteiger partial charge in [0.1, 0.15) is 18.5 Å². The minimum atomic E-state index is 0.573. The molecule has 3 heterocycles. The summed E-state index contributed by atoms with van der Waals surface area (Å²) in [5.41, 5.74) is 4.94. The van der Waals surface area contributed by atoms with Gasteiger partial charge in [0, 0.05) is 9.99 Å². The number of hydrogen-bond donors (Lipinski definition) is 0. The Morgan fingerprint density at radius 2 is 1.96 bits per heavy atom. The SMILES string of the molecule is Ic1ccc2c(c1)-n1nnc(Cc3ccccc3)c1CC(n1cncn1)=N2. The number of fused-ring (bicyclic) bond motifs is 3. The minimum absolute atomic E-state index is 0.573. The number of halogens is 1. The molecule has 2 aromatic carbocycles. The summed E-state index contributed by atoms with van der Waals surface area (Å²) in [7, 11) is 0. The van der Waals surface area contributed by atoms with Gasteiger partial charge in [-0.1, -0.05) is 35.5 Å². The van der Waals surface area contributed by atoms with E-state index in [2.05, 4.69) is 61.2 Å². The molecule has 0 aliphatic carbocycles. The number of aliphatic imine (C=N–C) groups is 1. The second-order valence-electron chi connectivity index (χ2n) is 6.23. The van der Waals surface area contributed by atoms with Gasteiger partial charge in [-0.15, -0.1) is 5.10 Å². The molecule has 0 spiro atoms. The lowest BCUT2D eigenvalue weighted by Crippen LogP contribution is -2.17. The summed E-state index contributed by atoms with van der Waals surface area (Å²) < 4.78 is 4.73. The molecular weight excluding hydrogens is 453 g/mol. The second kappa shape index (κ2) is 6.69. The fourth-order valence-electron chi connectivity index (χ4n) is 3.19. The molecule has 7 nitrogen and oxygen atoms in total. The minimum Gasteiger partial charge on any atom is -0.231 e. The highest BCUT2D eigenvalue weighted by molar-refractivity contribution is 14.1. The molecule has 0 amide bonds. The van der Waals surface area contributed by atoms with Crippen molar-refractivity contribution in [2.24, 2.45) is 4.99 Å². The zero-order valence-corrected chi connectivity index (χ0v) is 16.4. The van der Waals surface area contributed by atoms with Crippen LogP contribution in [-0.4, -0.2) is 35.6 Å². The van der Waals surface area contributed by atoms with E-state index in [1.165, 1.54) is 11.9 Å². The molecule has 0 unspecified atom stereocenters. The monoisotopic (exact) mass is 467 g/mol. The van der Waals surface area contributed by atoms with E-state index in [-0.39, 0.29) is 0 Å². The van der Waals surface area contributed by atoms with Crippen molar-refractivity contribution in [3.63, 3.8) is 0 Å². The van der Waals surface area contributed by atoms with Gasteiger partial charge in [-0.05, 0) is 46.4 Å². The number of aromatic nitrogens is 6. The first-order valence-corrected chi connectivity index (χ1v) is 9.56. The molecule has 1 aliphatic heterocycles. The summed E-state index contributed by atoms with van der Waals surface area (Å²) in [5.74, 6) is 0.797. The molecule has 8 heteroatoms. The van der Waals surface area contributed by atoms with Crippen LogP contribution in [0.4, 0.5) is 5.69 Å². The van der Waals surface area contributed by atoms with E-state index in [1.54, 1.807) is 11.0 Å². The number of benzene rings is 2. The van der Waals surface area contributed by atoms with E-state index in [1.807, 2.05) is 35.0 Å². The standard InChI is InChI=1S/C19H14IN7/c20-14-6-7-15-17(9-14)27-18(10-19(23-15)26-12-21-11-22-26)16(24-25-27)8-13-4-2-1-3-5-13/h1-7,9,11-12H,8,10H2. The van der Waals surface area contributed by atoms with Gasteiger partial charge in [-0.3, -0.25) is 0 Å². The summed E-state index contributed by atoms with van der Waals surface area (Å²) >= 11 is 2.30. The Kier molecular flexibility index (Phi) is 4.04. The fourth-order valence-corrected chi connectivity index (χ4v) is 3.67. The van der Waals surface area contributed by atoms with Crippen LogP contribution in [-0.2, 0) is 12.8 Å². The molecule has 0 saturated heterocycles. The van der Waals surface area contributed by atoms with Crippen molar-refractivity contribution in [1.82, 2.24) is 29.8 Å². The lowest BCUT2D eigenvalue weighted by molar-refractivity contribution is 0.778. The van der Waals surface area contributed by atoms with Crippen molar-refractivity contribution >= 4 is 34.1 Å². The highest BCUT2D eigenvalue weighted by Gasteiger charge is 2.23. The van der Waals surface area contributed by atoms with Crippen LogP contribution in [0.3, 0.4) is 0 Å². The van der Waals surface area contributed by atoms with Gasteiger partial charge in [0.2, 0.25) is 0 Å². The molecule has 27 heavy (non-hydrogen) atoms. The molecule has 4 aromatic rings. The number of nitrogens with zero attached hydrogens (tertiary/aromatic N) is 7. The van der Waals surface area contributed by atoms with Gasteiger partial charge >= 0.3 is 0 Å². The summed E-state index contributed by atoms with van der Waals surface area (Å²) in [6, 6.07) is 16.4. The Morgan fingerprint density at radius 1 is 1.07 bits per heavy atom. The summed E-state index contributed by atoms with van der Waals surface area (Å²) in [6.45, 7) is 0. The molecule has 132 valence electrons. The molecule has 5 rings (SSSR count). The first-order chi connectivity index (χ1) is 13.3. The highest BCUT2D eigenvalue weighted by Crippen LogP contribution is 2.30. The summed E-state index contributed by atoms with van der Waals surface area (Å²) in [4.78, 5) is 8.91. The third-order valence-corrected chi connectivity index (χ3v) is 5.15. The van der Waals surface area contributed by atoms with Crippen molar-refractivity contribution in [2.45, 2.75) is 12.8 Å². The van der Waals surface area contributed by atoms with E-state index >= 15 is 0 Å². The third kappa shape index (κ3) is 3.05. The molecule has 0 bridgehead atoms. The van der Waals surface area contributed by atoms with Crippen LogP contribution in [0.25, 0.3) is 5.69 Å². The molecule has 2 aromatic heterocycles. The summed E-state index contributed by atoms with van der Waals surface area (Å²) in [5, 5.41) is 13.2. The highest BCUT2D eigenvalue weighted by atomic mass is 127. The molecule has 0 atom stereocenters. The molecular formula is C19H14IN7. The maximum Gasteiger partial charge on any atom is 0.138 e. The van der Waals surface area contributed by atoms with Crippen LogP contribution in [0.1, 0.15) is 17.0 Å². The zero-order valence-electron chi connectivity index (χ0n) is 14.2. The van der Waals surface area contributed by atoms with E-state index in [4.69, 9.17) is 4.99 Å². The van der Waals surface area contributed by atoms with Crippen LogP contribution < -0.4 is 0 Å². The van der Waals surface area contributed by atoms with Gasteiger partial charge in [0.15, 0.2) is 0 Å². The molecule has 1 aliphatic rings. The van der Waals surface area contributed by atoms with Gasteiger partial charge in [-0.25, -0.2) is 19.3 Å². The Labute approximate surface area is 168 Å². The Bertz CT molecular complexity index is 1130. The van der Waals surface area contributed by atoms with E-state index in [0.717, 1.165) is 38.6 Å². The predicted molar refractivity (Wildman–Crippen MR) is 110 cm³/mol. The third-order valence-electron chi connectivity index (χ3n) is 4.48. The molecule has 0 radical (unpaired) electrons. The van der Waals surface area contributed by atoms with Crippen LogP contribution in [0.15, 0.2) is 66.2 Å². The Balaban J connectivity index is 1.67. The van der Waals surface area contributed by atoms with Gasteiger partial charge in [-0.2, -0.15) is 5.10 Å². The predicted octanol–water partition coefficient (Wildman–Crippen LogP) is 3.19. The van der Waals surface area contributed by atoms with Crippen molar-refractivity contribution in [3.05, 3.63) is 81.7 Å². The Morgan fingerprint density at radius 3 is 2.78 bits per heavy atom. The van der Waals surface area contributed by atoms with Crippen molar-refractivity contribution in [3.8, 4) is 5.69 Å². The van der Waals surface area contributed by atoms with Crippen molar-refractivity contribution in [2.75, 3.05) is 0 Å². The van der Waals surface area contributed by atoms with Crippen LogP contribution in [0.2, 0.25) is 0 Å². The smallest absolute Gasteiger partial charge is 0.138 e. The largest absolute Gasteiger partial charge is 0.231 e.